The van der Waals surface area contributed by atoms with Crippen molar-refractivity contribution in [2.24, 2.45) is 29.6 Å². The highest BCUT2D eigenvalue weighted by Crippen LogP contribution is 2.50. The van der Waals surface area contributed by atoms with Crippen LogP contribution in [0.1, 0.15) is 510 Å². The van der Waals surface area contributed by atoms with Crippen LogP contribution in [0.15, 0.2) is 0 Å². The summed E-state index contributed by atoms with van der Waals surface area (Å²) in [6.07, 6.45) is 101. The number of carbonyl (C=O) groups is 2. The van der Waals surface area contributed by atoms with Crippen LogP contribution in [-0.4, -0.2) is 36.4 Å². The zero-order valence-corrected chi connectivity index (χ0v) is 65.4. The first-order valence-corrected chi connectivity index (χ1v) is 44.2. The van der Waals surface area contributed by atoms with Gasteiger partial charge < -0.3 is 14.6 Å². The number of aliphatic hydroxyl groups is 1. The number of esters is 2. The molecule has 1 unspecified atom stereocenters. The predicted molar refractivity (Wildman–Crippen MR) is 415 cm³/mol. The minimum absolute atomic E-state index is 0.0830. The smallest absolute Gasteiger partial charge is 0.312 e. The summed E-state index contributed by atoms with van der Waals surface area (Å²) in [6.45, 7) is 10.8. The molecule has 1 saturated carbocycles. The Hall–Kier alpha value is -1.10. The van der Waals surface area contributed by atoms with E-state index in [-0.39, 0.29) is 30.1 Å². The van der Waals surface area contributed by atoms with Crippen LogP contribution in [0.5, 0.6) is 0 Å². The van der Waals surface area contributed by atoms with E-state index in [1.165, 1.54) is 444 Å². The zero-order chi connectivity index (χ0) is 67.9. The molecule has 5 nitrogen and oxygen atoms in total. The van der Waals surface area contributed by atoms with Crippen molar-refractivity contribution in [1.82, 2.24) is 0 Å². The van der Waals surface area contributed by atoms with Gasteiger partial charge in [0, 0.05) is 6.92 Å². The fourth-order valence-corrected chi connectivity index (χ4v) is 16.3. The van der Waals surface area contributed by atoms with E-state index in [0.29, 0.717) is 5.92 Å². The number of rotatable bonds is 80. The molecule has 5 heteroatoms. The molecule has 0 aromatic rings. The monoisotopic (exact) mass is 1320 g/mol. The van der Waals surface area contributed by atoms with Gasteiger partial charge in [-0.25, -0.2) is 0 Å². The second-order valence-corrected chi connectivity index (χ2v) is 32.0. The highest BCUT2D eigenvalue weighted by Gasteiger charge is 2.40. The number of methoxy groups -OCH3 is 1. The lowest BCUT2D eigenvalue weighted by Gasteiger charge is -2.25. The molecule has 7 atom stereocenters. The summed E-state index contributed by atoms with van der Waals surface area (Å²) < 4.78 is 11.0. The van der Waals surface area contributed by atoms with Gasteiger partial charge in [0.15, 0.2) is 0 Å². The van der Waals surface area contributed by atoms with Gasteiger partial charge in [0.05, 0.1) is 19.1 Å². The predicted octanol–water partition coefficient (Wildman–Crippen LogP) is 30.5. The normalized spacial score (nSPS) is 15.6. The summed E-state index contributed by atoms with van der Waals surface area (Å²) >= 11 is 0. The van der Waals surface area contributed by atoms with Crippen molar-refractivity contribution in [3.63, 3.8) is 0 Å². The lowest BCUT2D eigenvalue weighted by atomic mass is 9.91. The first kappa shape index (κ1) is 90.9. The van der Waals surface area contributed by atoms with Crippen LogP contribution >= 0.6 is 0 Å². The van der Waals surface area contributed by atoms with Gasteiger partial charge in [-0.15, -0.1) is 0 Å². The second kappa shape index (κ2) is 73.1. The molecule has 0 spiro atoms. The first-order valence-electron chi connectivity index (χ1n) is 44.2. The van der Waals surface area contributed by atoms with Crippen LogP contribution in [0.25, 0.3) is 0 Å². The Morgan fingerprint density at radius 3 is 0.883 bits per heavy atom. The Labute approximate surface area is 591 Å². The Kier molecular flexibility index (Phi) is 70.7. The standard InChI is InChI=1S/C89H174O5/c1-7-10-12-14-16-18-20-22-24-26-27-28-29-30-31-36-40-47-53-59-65-71-77-85(89(92)93-6)88(94-82(5)90)79-73-67-61-55-49-43-42-45-51-57-63-69-75-83(9-3)86-80-84(86)76-70-64-58-52-46-39-35-32-33-37-41-48-54-60-66-72-78-87(91)81(4)74-68-62-56-50-44-38-34-25-23-21-19-17-15-13-11-8-2/h81,83-88,91H,7-80H2,1-6H3/t81-,83+,84-,85?,86-,87-,88+/m0/s1. The molecule has 0 aromatic carbocycles. The molecule has 0 saturated heterocycles. The van der Waals surface area contributed by atoms with Gasteiger partial charge in [-0.2, -0.15) is 0 Å². The molecule has 1 aliphatic carbocycles. The summed E-state index contributed by atoms with van der Waals surface area (Å²) in [5, 5.41) is 10.7. The van der Waals surface area contributed by atoms with E-state index < -0.39 is 0 Å². The Morgan fingerprint density at radius 1 is 0.340 bits per heavy atom. The summed E-state index contributed by atoms with van der Waals surface area (Å²) in [6, 6.07) is 0. The number of ether oxygens (including phenoxy) is 2. The van der Waals surface area contributed by atoms with Crippen molar-refractivity contribution in [1.29, 1.82) is 0 Å². The van der Waals surface area contributed by atoms with Gasteiger partial charge >= 0.3 is 11.9 Å². The Balaban J connectivity index is 1.90. The topological polar surface area (TPSA) is 72.8 Å². The van der Waals surface area contributed by atoms with E-state index >= 15 is 0 Å². The Bertz CT molecular complexity index is 1500. The fourth-order valence-electron chi connectivity index (χ4n) is 16.3. The van der Waals surface area contributed by atoms with Crippen molar-refractivity contribution >= 4 is 11.9 Å². The van der Waals surface area contributed by atoms with Gasteiger partial charge in [0.1, 0.15) is 6.10 Å². The molecular weight excluding hydrogens is 1150 g/mol. The van der Waals surface area contributed by atoms with Crippen LogP contribution in [0.3, 0.4) is 0 Å². The molecule has 0 aliphatic heterocycles. The highest BCUT2D eigenvalue weighted by molar-refractivity contribution is 5.74. The maximum Gasteiger partial charge on any atom is 0.312 e. The third-order valence-corrected chi connectivity index (χ3v) is 23.1. The molecule has 0 heterocycles. The average molecular weight is 1320 g/mol. The minimum atomic E-state index is -0.364. The quantitative estimate of drug-likeness (QED) is 0.0485. The maximum atomic E-state index is 12.9. The van der Waals surface area contributed by atoms with Gasteiger partial charge in [-0.05, 0) is 62.2 Å². The van der Waals surface area contributed by atoms with Crippen LogP contribution in [0.2, 0.25) is 0 Å². The molecule has 94 heavy (non-hydrogen) atoms. The summed E-state index contributed by atoms with van der Waals surface area (Å²) in [5.41, 5.74) is 0. The van der Waals surface area contributed by atoms with Crippen molar-refractivity contribution in [2.45, 2.75) is 522 Å². The number of hydrogen-bond donors (Lipinski definition) is 1. The van der Waals surface area contributed by atoms with Crippen LogP contribution in [-0.2, 0) is 19.1 Å². The Morgan fingerprint density at radius 2 is 0.596 bits per heavy atom. The molecule has 0 aromatic heterocycles. The molecule has 0 amide bonds. The van der Waals surface area contributed by atoms with Crippen molar-refractivity contribution in [3.05, 3.63) is 0 Å². The molecule has 1 fully saturated rings. The largest absolute Gasteiger partial charge is 0.469 e. The molecule has 1 rings (SSSR count). The number of hydrogen-bond acceptors (Lipinski definition) is 5. The summed E-state index contributed by atoms with van der Waals surface area (Å²) in [7, 11) is 1.48. The molecular formula is C89H174O5. The SMILES string of the molecule is CCCCCCCCCCCCCCCCCCCCCCCCC(C(=O)OC)[C@@H](CCCCCCCCCCCCCC[C@@H](CC)[C@@H]1C[C@@H]1CCCCCCCCCCCCCCCCCC[C@H](O)[C@@H](C)CCCCCCCCCCCCCCCCCC)OC(C)=O. The van der Waals surface area contributed by atoms with Gasteiger partial charge in [0.25, 0.3) is 0 Å². The van der Waals surface area contributed by atoms with Crippen LogP contribution < -0.4 is 0 Å². The van der Waals surface area contributed by atoms with E-state index in [9.17, 15) is 14.7 Å². The number of unbranched alkanes of at least 4 members (excludes halogenated alkanes) is 62. The fraction of sp³-hybridized carbons (Fsp3) is 0.978. The van der Waals surface area contributed by atoms with E-state index in [1.807, 2.05) is 0 Å². The third kappa shape index (κ3) is 61.9. The average Bonchev–Trinajstić information content (AvgIpc) is 1.69. The van der Waals surface area contributed by atoms with E-state index in [2.05, 4.69) is 27.7 Å². The number of aliphatic hydroxyl groups excluding tert-OH is 1. The molecule has 0 bridgehead atoms. The van der Waals surface area contributed by atoms with E-state index in [1.54, 1.807) is 0 Å². The van der Waals surface area contributed by atoms with Crippen LogP contribution in [0.4, 0.5) is 0 Å². The van der Waals surface area contributed by atoms with Gasteiger partial charge in [-0.3, -0.25) is 9.59 Å². The maximum absolute atomic E-state index is 12.9. The summed E-state index contributed by atoms with van der Waals surface area (Å²) in [5.74, 6) is 2.73. The lowest BCUT2D eigenvalue weighted by Crippen LogP contribution is -2.33. The summed E-state index contributed by atoms with van der Waals surface area (Å²) in [4.78, 5) is 25.1. The number of carbonyl (C=O) groups excluding carboxylic acids is 2. The van der Waals surface area contributed by atoms with Gasteiger partial charge in [0.2, 0.25) is 0 Å². The molecule has 0 radical (unpaired) electrons. The van der Waals surface area contributed by atoms with Gasteiger partial charge in [-0.1, -0.05) is 464 Å². The van der Waals surface area contributed by atoms with Crippen LogP contribution in [0, 0.1) is 29.6 Å². The van der Waals surface area contributed by atoms with Crippen molar-refractivity contribution in [2.75, 3.05) is 7.11 Å². The molecule has 1 N–H and O–H groups in total. The molecule has 560 valence electrons. The first-order chi connectivity index (χ1) is 46.3. The van der Waals surface area contributed by atoms with E-state index in [0.717, 1.165) is 62.7 Å². The van der Waals surface area contributed by atoms with Crippen molar-refractivity contribution < 1.29 is 24.2 Å². The van der Waals surface area contributed by atoms with E-state index in [4.69, 9.17) is 9.47 Å². The van der Waals surface area contributed by atoms with Crippen molar-refractivity contribution in [3.8, 4) is 0 Å². The minimum Gasteiger partial charge on any atom is -0.469 e. The second-order valence-electron chi connectivity index (χ2n) is 32.0. The molecule has 1 aliphatic rings. The zero-order valence-electron chi connectivity index (χ0n) is 65.4. The third-order valence-electron chi connectivity index (χ3n) is 23.1. The lowest BCUT2D eigenvalue weighted by molar-refractivity contribution is -0.160. The highest BCUT2D eigenvalue weighted by atomic mass is 16.6.